The third-order valence-corrected chi connectivity index (χ3v) is 7.91. The van der Waals surface area contributed by atoms with Crippen molar-refractivity contribution in [3.05, 3.63) is 34.8 Å². The van der Waals surface area contributed by atoms with Crippen molar-refractivity contribution >= 4 is 54.7 Å². The van der Waals surface area contributed by atoms with Gasteiger partial charge in [-0.05, 0) is 38.5 Å². The number of hydrogen-bond donors (Lipinski definition) is 6. The molecule has 52 heavy (non-hydrogen) atoms. The molecule has 1 spiro atoms. The molecule has 3 atom stereocenters. The first kappa shape index (κ1) is 60.4. The van der Waals surface area contributed by atoms with Gasteiger partial charge in [-0.3, -0.25) is 28.8 Å². The average molecular weight is 1330 g/mol. The van der Waals surface area contributed by atoms with Crippen molar-refractivity contribution in [3.8, 4) is 0 Å². The molecule has 0 amide bonds. The number of nitrogens with one attached hydrogen (secondary N) is 3. The van der Waals surface area contributed by atoms with Gasteiger partial charge in [-0.25, -0.2) is 11.5 Å². The zero-order valence-corrected chi connectivity index (χ0v) is 36.2. The maximum Gasteiger partial charge on any atom is 2.00 e. The van der Waals surface area contributed by atoms with Crippen LogP contribution in [-0.4, -0.2) is 93.5 Å². The van der Waals surface area contributed by atoms with Gasteiger partial charge in [-0.1, -0.05) is 38.5 Å². The second-order valence-electron chi connectivity index (χ2n) is 11.4. The van der Waals surface area contributed by atoms with E-state index < -0.39 is 75.6 Å². The van der Waals surface area contributed by atoms with Crippen molar-refractivity contribution in [3.63, 3.8) is 0 Å². The van der Waals surface area contributed by atoms with Gasteiger partial charge < -0.3 is 64.7 Å². The van der Waals surface area contributed by atoms with Crippen molar-refractivity contribution in [2.45, 2.75) is 108 Å². The number of carbonyl (C=O) groups is 6. The Labute approximate surface area is 347 Å². The van der Waals surface area contributed by atoms with Gasteiger partial charge in [0.15, 0.2) is 10.8 Å². The summed E-state index contributed by atoms with van der Waals surface area (Å²) in [5.41, 5.74) is 29.2. The van der Waals surface area contributed by atoms with Crippen LogP contribution in [-0.2, 0) is 96.9 Å². The molecule has 3 saturated carbocycles. The van der Waals surface area contributed by atoms with Crippen LogP contribution >= 0.6 is 18.8 Å². The summed E-state index contributed by atoms with van der Waals surface area (Å²) in [5, 5.41) is 36.5. The molecule has 5 fully saturated rings. The molecular weight excluding hydrogens is 1280 g/mol. The molecule has 25 heteroatoms. The Hall–Kier alpha value is -0.855. The minimum absolute atomic E-state index is 0. The number of rotatable bonds is 5. The van der Waals surface area contributed by atoms with Crippen LogP contribution in [0.5, 0.6) is 0 Å². The molecule has 312 valence electrons. The van der Waals surface area contributed by atoms with E-state index in [9.17, 15) is 28.8 Å². The van der Waals surface area contributed by atoms with E-state index in [0.29, 0.717) is 31.8 Å². The summed E-state index contributed by atoms with van der Waals surface area (Å²) in [4.78, 5) is 62.3. The first-order chi connectivity index (χ1) is 22.3. The molecule has 2 saturated heterocycles. The van der Waals surface area contributed by atoms with Crippen LogP contribution < -0.4 is 11.5 Å². The fourth-order valence-electron chi connectivity index (χ4n) is 4.70. The summed E-state index contributed by atoms with van der Waals surface area (Å²) >= 11 is -0.472. The molecule has 0 unspecified atom stereocenters. The summed E-state index contributed by atoms with van der Waals surface area (Å²) in [6.45, 7) is 1.50. The van der Waals surface area contributed by atoms with E-state index in [1.54, 1.807) is 0 Å². The normalized spacial score (nSPS) is 23.2. The van der Waals surface area contributed by atoms with E-state index >= 15 is 0 Å². The number of nitrogens with two attached hydrogens (primary N) is 4. The van der Waals surface area contributed by atoms with E-state index in [1.807, 2.05) is 0 Å². The monoisotopic (exact) mass is 1330 g/mol. The van der Waals surface area contributed by atoms with Crippen LogP contribution in [0, 0.1) is 10.8 Å². The van der Waals surface area contributed by atoms with Gasteiger partial charge in [-0.15, -0.1) is 6.54 Å². The summed E-state index contributed by atoms with van der Waals surface area (Å²) < 4.78 is 9.15. The zero-order valence-electron chi connectivity index (χ0n) is 27.9. The number of halogens is 2. The van der Waals surface area contributed by atoms with Crippen LogP contribution in [0.1, 0.15) is 83.5 Å². The van der Waals surface area contributed by atoms with Crippen molar-refractivity contribution in [1.82, 2.24) is 0 Å². The van der Waals surface area contributed by atoms with Crippen molar-refractivity contribution in [2.24, 2.45) is 22.3 Å². The topological polar surface area (TPSA) is 406 Å². The van der Waals surface area contributed by atoms with Crippen LogP contribution in [0.2, 0.25) is 0 Å². The van der Waals surface area contributed by atoms with Crippen molar-refractivity contribution in [2.75, 3.05) is 13.1 Å². The van der Waals surface area contributed by atoms with E-state index in [1.165, 1.54) is 19.3 Å². The van der Waals surface area contributed by atoms with Gasteiger partial charge in [0.2, 0.25) is 0 Å². The molecule has 5 aliphatic rings. The molecule has 0 aromatic rings. The van der Waals surface area contributed by atoms with Gasteiger partial charge in [0.05, 0.1) is 0 Å². The van der Waals surface area contributed by atoms with Crippen LogP contribution in [0.3, 0.4) is 0 Å². The summed E-state index contributed by atoms with van der Waals surface area (Å²) in [5.74, 6) is -6.36. The van der Waals surface area contributed by atoms with Gasteiger partial charge in [-0.2, -0.15) is 24.7 Å². The van der Waals surface area contributed by atoms with Gasteiger partial charge >= 0.3 is 119 Å². The molecule has 0 radical (unpaired) electrons. The first-order valence-corrected chi connectivity index (χ1v) is 20.5. The molecule has 2 aliphatic heterocycles. The predicted octanol–water partition coefficient (Wildman–Crippen LogP) is 5.44. The number of carboxylic acid groups (broad SMARTS) is 4. The number of ether oxygens (including phenoxy) is 2. The molecule has 0 bridgehead atoms. The standard InChI is InChI=1S/C7H10N2O4.C6H12N2.C6H8O4.C5H10N2.C3H4O4.2ClH.2H2N.3Pt/c8-7(9)12-4(10)6(2-1-3-6)5(11)13-7;7-5-3-1-2-4-6(5)8;7-4(8)6(5(9)10)2-1-3-6;6-4-5-2-1-3-7-5;4-2(5)1-3(6)7;;;;;;;/h1-3,8-9H2;5-8H,1-4H2;1-3H2,(H,7,8)(H,9,10);5-6H,1-4H2;1H2,(H,4,5)(H,6,7);2*1H;2*1H2;;;/q;-2;;-2;;;;2*-1;2*+2;+4/p-2/t;5-,6-;;5-;;;;;;;;/m.0.0......../s1. The molecule has 0 aromatic carbocycles. The minimum atomic E-state index is -2.09. The van der Waals surface area contributed by atoms with Gasteiger partial charge in [0, 0.05) is 0 Å². The Morgan fingerprint density at radius 2 is 1.15 bits per heavy atom. The van der Waals surface area contributed by atoms with Crippen molar-refractivity contribution < 1.29 is 117 Å². The minimum Gasteiger partial charge on any atom is -0.693 e. The predicted molar refractivity (Wildman–Crippen MR) is 178 cm³/mol. The quantitative estimate of drug-likeness (QED) is 0.113. The Bertz CT molecular complexity index is 1030. The number of carboxylic acids is 4. The molecule has 0 aromatic heterocycles. The maximum atomic E-state index is 11.3. The largest absolute Gasteiger partial charge is 2.00 e. The number of cyclic esters (lactones) is 2. The maximum absolute atomic E-state index is 11.3. The number of carbonyl (C=O) groups excluding carboxylic acids is 2. The Kier molecular flexibility index (Phi) is 35.3. The molecule has 5 rings (SSSR count). The Balaban J connectivity index is -0.000000174. The molecule has 2 heterocycles. The fraction of sp³-hybridized carbons (Fsp3) is 0.778. The molecule has 20 nitrogen and oxygen atoms in total. The number of nitrogens with zero attached hydrogens (tertiary/aromatic N) is 1. The van der Waals surface area contributed by atoms with Crippen molar-refractivity contribution in [1.29, 1.82) is 0 Å². The summed E-state index contributed by atoms with van der Waals surface area (Å²) in [7, 11) is 9.75. The third kappa shape index (κ3) is 21.3. The third-order valence-electron chi connectivity index (χ3n) is 7.91. The fourth-order valence-corrected chi connectivity index (χ4v) is 4.70. The van der Waals surface area contributed by atoms with Crippen LogP contribution in [0.15, 0.2) is 0 Å². The number of esters is 2. The Morgan fingerprint density at radius 1 is 0.769 bits per heavy atom. The van der Waals surface area contributed by atoms with E-state index in [-0.39, 0.29) is 79.4 Å². The number of aliphatic carboxylic acids is 4. The second-order valence-corrected chi connectivity index (χ2v) is 14.7. The Morgan fingerprint density at radius 3 is 1.31 bits per heavy atom. The first-order valence-electron chi connectivity index (χ1n) is 14.8. The van der Waals surface area contributed by atoms with E-state index in [4.69, 9.17) is 67.9 Å². The van der Waals surface area contributed by atoms with Gasteiger partial charge in [0.1, 0.15) is 6.42 Å². The van der Waals surface area contributed by atoms with Crippen LogP contribution in [0.25, 0.3) is 34.8 Å². The van der Waals surface area contributed by atoms with E-state index in [0.717, 1.165) is 32.2 Å². The molecular formula is C27H48Cl2N8O12Pt3. The molecule has 3 aliphatic carbocycles. The van der Waals surface area contributed by atoms with Gasteiger partial charge in [0.25, 0.3) is 0 Å². The smallest absolute Gasteiger partial charge is 0.693 e. The number of hydrogen-bond acceptors (Lipinski definition) is 10. The second kappa shape index (κ2) is 30.4. The summed E-state index contributed by atoms with van der Waals surface area (Å²) in [6, 6.07) is -1.86. The average Bonchev–Trinajstić information content (AvgIpc) is 3.43. The SMILES string of the molecule is NC1(N)OC(=O)C2(CCC2)C(=O)O1.O=C(O)C1(C(=O)O)CCC1.O=C(O)CC(=O)O.[Cl][Pt+2][Cl].[NH-]C[C@@H]1CCC[N-]1.[NH-][C@H]1CCCC[C@@H]1[NH-].[NH2-].[NH2-].[Pt+2].[Pt+2]. The van der Waals surface area contributed by atoms with Crippen LogP contribution in [0.4, 0.5) is 0 Å². The van der Waals surface area contributed by atoms with E-state index in [2.05, 4.69) is 14.8 Å². The summed E-state index contributed by atoms with van der Waals surface area (Å²) in [6.07, 6.45) is 8.80. The zero-order chi connectivity index (χ0) is 37.1. The molecule has 15 N–H and O–H groups in total.